The molecular weight excluding hydrogens is 264 g/mol. The monoisotopic (exact) mass is 298 g/mol. The molecule has 5 nitrogen and oxygen atoms in total. The summed E-state index contributed by atoms with van der Waals surface area (Å²) in [5.41, 5.74) is 5.55. The van der Waals surface area contributed by atoms with E-state index >= 15 is 0 Å². The van der Waals surface area contributed by atoms with E-state index in [9.17, 15) is 0 Å². The van der Waals surface area contributed by atoms with Gasteiger partial charge in [0.1, 0.15) is 0 Å². The van der Waals surface area contributed by atoms with Gasteiger partial charge in [0.05, 0.1) is 12.7 Å². The predicted molar refractivity (Wildman–Crippen MR) is 87.6 cm³/mol. The Morgan fingerprint density at radius 3 is 2.62 bits per heavy atom. The number of rotatable bonds is 7. The first-order valence-electron chi connectivity index (χ1n) is 8.73. The number of hydrogen-bond acceptors (Lipinski definition) is 5. The zero-order valence-electron chi connectivity index (χ0n) is 13.8. The Balaban J connectivity index is 1.63. The van der Waals surface area contributed by atoms with Crippen LogP contribution in [0.25, 0.3) is 0 Å². The maximum Gasteiger partial charge on any atom is 0.0829 e. The van der Waals surface area contributed by atoms with E-state index in [1.54, 1.807) is 0 Å². The van der Waals surface area contributed by atoms with Gasteiger partial charge in [-0.25, -0.2) is 0 Å². The van der Waals surface area contributed by atoms with Gasteiger partial charge in [0, 0.05) is 32.7 Å². The van der Waals surface area contributed by atoms with Crippen LogP contribution in [0.15, 0.2) is 0 Å². The minimum absolute atomic E-state index is 0.403. The summed E-state index contributed by atoms with van der Waals surface area (Å²) in [6, 6.07) is 0. The van der Waals surface area contributed by atoms with Crippen molar-refractivity contribution in [2.75, 3.05) is 72.6 Å². The van der Waals surface area contributed by atoms with Gasteiger partial charge in [-0.1, -0.05) is 6.42 Å². The second-order valence-electron chi connectivity index (χ2n) is 6.60. The van der Waals surface area contributed by atoms with E-state index in [0.29, 0.717) is 6.10 Å². The first-order chi connectivity index (χ1) is 10.3. The van der Waals surface area contributed by atoms with Gasteiger partial charge in [-0.15, -0.1) is 0 Å². The molecule has 2 aliphatic heterocycles. The molecule has 1 unspecified atom stereocenters. The van der Waals surface area contributed by atoms with Crippen LogP contribution in [0.4, 0.5) is 0 Å². The summed E-state index contributed by atoms with van der Waals surface area (Å²) >= 11 is 0. The molecule has 0 amide bonds. The summed E-state index contributed by atoms with van der Waals surface area (Å²) in [5, 5.41) is 0. The van der Waals surface area contributed by atoms with Crippen molar-refractivity contribution in [2.24, 2.45) is 5.73 Å². The summed E-state index contributed by atoms with van der Waals surface area (Å²) in [6.45, 7) is 11.1. The van der Waals surface area contributed by atoms with Crippen LogP contribution in [0.1, 0.15) is 25.7 Å². The lowest BCUT2D eigenvalue weighted by Crippen LogP contribution is -2.46. The smallest absolute Gasteiger partial charge is 0.0829 e. The van der Waals surface area contributed by atoms with Crippen LogP contribution in [0.2, 0.25) is 0 Å². The number of ether oxygens (including phenoxy) is 1. The predicted octanol–water partition coefficient (Wildman–Crippen LogP) is 0.454. The minimum atomic E-state index is 0.403. The molecule has 2 rings (SSSR count). The number of nitrogens with zero attached hydrogens (tertiary/aromatic N) is 3. The van der Waals surface area contributed by atoms with Gasteiger partial charge in [-0.3, -0.25) is 4.90 Å². The van der Waals surface area contributed by atoms with Crippen molar-refractivity contribution in [1.82, 2.24) is 14.7 Å². The number of hydrogen-bond donors (Lipinski definition) is 1. The zero-order valence-corrected chi connectivity index (χ0v) is 13.8. The Bertz CT molecular complexity index is 277. The number of nitrogens with two attached hydrogens (primary N) is 1. The molecule has 2 aliphatic rings. The number of morpholine rings is 1. The third kappa shape index (κ3) is 6.61. The largest absolute Gasteiger partial charge is 0.374 e. The minimum Gasteiger partial charge on any atom is -0.374 e. The third-order valence-electron chi connectivity index (χ3n) is 4.66. The molecule has 0 radical (unpaired) electrons. The fourth-order valence-corrected chi connectivity index (χ4v) is 3.35. The summed E-state index contributed by atoms with van der Waals surface area (Å²) in [4.78, 5) is 7.61. The second-order valence-corrected chi connectivity index (χ2v) is 6.60. The summed E-state index contributed by atoms with van der Waals surface area (Å²) < 4.78 is 5.90. The highest BCUT2D eigenvalue weighted by atomic mass is 16.5. The van der Waals surface area contributed by atoms with Crippen molar-refractivity contribution in [3.8, 4) is 0 Å². The number of unbranched alkanes of at least 4 members (excludes halogenated alkanes) is 2. The molecule has 1 atom stereocenters. The van der Waals surface area contributed by atoms with Crippen molar-refractivity contribution in [3.05, 3.63) is 0 Å². The van der Waals surface area contributed by atoms with Crippen LogP contribution < -0.4 is 5.73 Å². The molecule has 2 saturated heterocycles. The van der Waals surface area contributed by atoms with E-state index in [0.717, 1.165) is 32.8 Å². The van der Waals surface area contributed by atoms with Crippen molar-refractivity contribution < 1.29 is 4.74 Å². The van der Waals surface area contributed by atoms with Gasteiger partial charge in [0.25, 0.3) is 0 Å². The van der Waals surface area contributed by atoms with Gasteiger partial charge in [0.15, 0.2) is 0 Å². The average molecular weight is 298 g/mol. The lowest BCUT2D eigenvalue weighted by atomic mass is 10.2. The van der Waals surface area contributed by atoms with E-state index in [1.165, 1.54) is 58.4 Å². The highest BCUT2D eigenvalue weighted by Crippen LogP contribution is 2.09. The topological polar surface area (TPSA) is 45.0 Å². The van der Waals surface area contributed by atoms with Crippen molar-refractivity contribution >= 4 is 0 Å². The van der Waals surface area contributed by atoms with Crippen molar-refractivity contribution in [2.45, 2.75) is 31.8 Å². The lowest BCUT2D eigenvalue weighted by Gasteiger charge is -2.33. The fraction of sp³-hybridized carbons (Fsp3) is 1.00. The molecule has 0 saturated carbocycles. The van der Waals surface area contributed by atoms with E-state index in [-0.39, 0.29) is 0 Å². The third-order valence-corrected chi connectivity index (χ3v) is 4.66. The number of likely N-dealkylation sites (N-methyl/N-ethyl adjacent to an activating group) is 1. The second kappa shape index (κ2) is 9.74. The molecule has 0 bridgehead atoms. The molecule has 124 valence electrons. The first kappa shape index (κ1) is 17.2. The highest BCUT2D eigenvalue weighted by molar-refractivity contribution is 4.76. The van der Waals surface area contributed by atoms with Crippen LogP contribution in [0, 0.1) is 0 Å². The summed E-state index contributed by atoms with van der Waals surface area (Å²) in [6.07, 6.45) is 5.44. The molecule has 0 aromatic rings. The molecule has 21 heavy (non-hydrogen) atoms. The Labute approximate surface area is 130 Å². The highest BCUT2D eigenvalue weighted by Gasteiger charge is 2.22. The van der Waals surface area contributed by atoms with E-state index in [4.69, 9.17) is 10.5 Å². The van der Waals surface area contributed by atoms with Gasteiger partial charge in [0.2, 0.25) is 0 Å². The lowest BCUT2D eigenvalue weighted by molar-refractivity contribution is -0.0350. The Kier molecular flexibility index (Phi) is 7.96. The van der Waals surface area contributed by atoms with Crippen LogP contribution in [0.5, 0.6) is 0 Å². The molecule has 0 aliphatic carbocycles. The normalized spacial score (nSPS) is 26.9. The summed E-state index contributed by atoms with van der Waals surface area (Å²) in [7, 11) is 2.20. The molecule has 0 spiro atoms. The van der Waals surface area contributed by atoms with Crippen LogP contribution in [-0.2, 0) is 4.74 Å². The molecular formula is C16H34N4O. The Morgan fingerprint density at radius 2 is 1.81 bits per heavy atom. The molecule has 0 aromatic carbocycles. The zero-order chi connectivity index (χ0) is 14.9. The van der Waals surface area contributed by atoms with E-state index in [2.05, 4.69) is 21.7 Å². The quantitative estimate of drug-likeness (QED) is 0.692. The first-order valence-corrected chi connectivity index (χ1v) is 8.73. The maximum atomic E-state index is 5.90. The van der Waals surface area contributed by atoms with Gasteiger partial charge in [-0.2, -0.15) is 0 Å². The fourth-order valence-electron chi connectivity index (χ4n) is 3.35. The maximum absolute atomic E-state index is 5.90. The molecule has 2 heterocycles. The molecule has 2 fully saturated rings. The molecule has 0 aromatic heterocycles. The average Bonchev–Trinajstić information content (AvgIpc) is 2.69. The van der Waals surface area contributed by atoms with Crippen LogP contribution >= 0.6 is 0 Å². The SMILES string of the molecule is CN1CCOC(CN2CCCN(CCCCCN)CC2)C1. The Hall–Kier alpha value is -0.200. The van der Waals surface area contributed by atoms with E-state index in [1.807, 2.05) is 0 Å². The van der Waals surface area contributed by atoms with E-state index < -0.39 is 0 Å². The summed E-state index contributed by atoms with van der Waals surface area (Å²) in [5.74, 6) is 0. The van der Waals surface area contributed by atoms with Gasteiger partial charge in [-0.05, 0) is 52.5 Å². The Morgan fingerprint density at radius 1 is 1.00 bits per heavy atom. The van der Waals surface area contributed by atoms with Crippen LogP contribution in [0.3, 0.4) is 0 Å². The molecule has 5 heteroatoms. The molecule has 2 N–H and O–H groups in total. The van der Waals surface area contributed by atoms with Gasteiger partial charge < -0.3 is 20.3 Å². The standard InChI is InChI=1S/C16H34N4O/c1-18-12-13-21-16(14-18)15-20-9-5-8-19(10-11-20)7-4-2-3-6-17/h16H,2-15,17H2,1H3. The van der Waals surface area contributed by atoms with Crippen LogP contribution in [-0.4, -0.2) is 93.4 Å². The van der Waals surface area contributed by atoms with Crippen molar-refractivity contribution in [1.29, 1.82) is 0 Å². The van der Waals surface area contributed by atoms with Crippen molar-refractivity contribution in [3.63, 3.8) is 0 Å². The van der Waals surface area contributed by atoms with Gasteiger partial charge >= 0.3 is 0 Å².